The van der Waals surface area contributed by atoms with E-state index in [2.05, 4.69) is 26.7 Å². The maximum Gasteiger partial charge on any atom is 0.136 e. The first-order valence-corrected chi connectivity index (χ1v) is 8.12. The van der Waals surface area contributed by atoms with Crippen molar-refractivity contribution < 1.29 is 0 Å². The number of halogens is 1. The van der Waals surface area contributed by atoms with Gasteiger partial charge in [-0.25, -0.2) is 9.97 Å². The summed E-state index contributed by atoms with van der Waals surface area (Å²) in [5.74, 6) is 2.00. The largest absolute Gasteiger partial charge is 0.366 e. The average molecular weight is 350 g/mol. The van der Waals surface area contributed by atoms with Gasteiger partial charge in [-0.3, -0.25) is 0 Å². The fourth-order valence-corrected chi connectivity index (χ4v) is 2.57. The van der Waals surface area contributed by atoms with Crippen molar-refractivity contribution in [1.29, 1.82) is 5.26 Å². The third kappa shape index (κ3) is 4.46. The zero-order valence-corrected chi connectivity index (χ0v) is 14.4. The van der Waals surface area contributed by atoms with E-state index >= 15 is 0 Å². The van der Waals surface area contributed by atoms with E-state index in [1.54, 1.807) is 12.1 Å². The Balaban J connectivity index is 1.76. The lowest BCUT2D eigenvalue weighted by molar-refractivity contribution is 1.03. The summed E-state index contributed by atoms with van der Waals surface area (Å²) in [5, 5.41) is 16.2. The zero-order chi connectivity index (χ0) is 17.6. The van der Waals surface area contributed by atoms with Gasteiger partial charge in [-0.1, -0.05) is 35.9 Å². The molecule has 0 aliphatic carbocycles. The maximum atomic E-state index is 8.99. The third-order valence-electron chi connectivity index (χ3n) is 3.52. The van der Waals surface area contributed by atoms with Crippen molar-refractivity contribution >= 4 is 28.9 Å². The Morgan fingerprint density at radius 3 is 2.64 bits per heavy atom. The molecule has 1 aromatic heterocycles. The van der Waals surface area contributed by atoms with E-state index in [-0.39, 0.29) is 0 Å². The fraction of sp³-hybridized carbons (Fsp3) is 0.105. The van der Waals surface area contributed by atoms with Crippen molar-refractivity contribution in [2.24, 2.45) is 0 Å². The topological polar surface area (TPSA) is 73.6 Å². The highest BCUT2D eigenvalue weighted by atomic mass is 35.5. The lowest BCUT2D eigenvalue weighted by Gasteiger charge is -2.11. The van der Waals surface area contributed by atoms with Crippen LogP contribution in [-0.4, -0.2) is 9.97 Å². The number of hydrogen-bond acceptors (Lipinski definition) is 5. The Morgan fingerprint density at radius 1 is 1.04 bits per heavy atom. The molecule has 3 aromatic rings. The lowest BCUT2D eigenvalue weighted by atomic mass is 10.2. The monoisotopic (exact) mass is 349 g/mol. The second-order valence-corrected chi connectivity index (χ2v) is 5.86. The smallest absolute Gasteiger partial charge is 0.136 e. The van der Waals surface area contributed by atoms with Crippen LogP contribution in [0.5, 0.6) is 0 Å². The molecule has 2 N–H and O–H groups in total. The van der Waals surface area contributed by atoms with Gasteiger partial charge < -0.3 is 10.6 Å². The molecule has 6 heteroatoms. The molecule has 5 nitrogen and oxygen atoms in total. The second kappa shape index (κ2) is 7.65. The van der Waals surface area contributed by atoms with Crippen molar-refractivity contribution in [3.63, 3.8) is 0 Å². The van der Waals surface area contributed by atoms with Crippen LogP contribution in [-0.2, 0) is 6.54 Å². The number of hydrogen-bond donors (Lipinski definition) is 2. The van der Waals surface area contributed by atoms with Crippen LogP contribution in [0.1, 0.15) is 17.0 Å². The molecule has 0 atom stereocenters. The Morgan fingerprint density at radius 2 is 1.84 bits per heavy atom. The fourth-order valence-electron chi connectivity index (χ4n) is 2.36. The van der Waals surface area contributed by atoms with Crippen molar-refractivity contribution in [2.45, 2.75) is 13.5 Å². The number of anilines is 3. The van der Waals surface area contributed by atoms with Crippen LogP contribution in [0, 0.1) is 18.3 Å². The molecule has 0 aliphatic heterocycles. The van der Waals surface area contributed by atoms with E-state index in [1.807, 2.05) is 49.4 Å². The number of benzene rings is 2. The van der Waals surface area contributed by atoms with Gasteiger partial charge in [0.05, 0.1) is 11.6 Å². The molecule has 0 bridgehead atoms. The van der Waals surface area contributed by atoms with Gasteiger partial charge in [-0.05, 0) is 36.8 Å². The van der Waals surface area contributed by atoms with Gasteiger partial charge in [0.2, 0.25) is 0 Å². The summed E-state index contributed by atoms with van der Waals surface area (Å²) in [4.78, 5) is 8.78. The number of rotatable bonds is 5. The highest BCUT2D eigenvalue weighted by molar-refractivity contribution is 6.31. The van der Waals surface area contributed by atoms with E-state index in [0.29, 0.717) is 34.6 Å². The molecule has 0 aliphatic rings. The Labute approximate surface area is 151 Å². The van der Waals surface area contributed by atoms with Gasteiger partial charge in [0, 0.05) is 23.3 Å². The first kappa shape index (κ1) is 16.7. The Kier molecular flexibility index (Phi) is 5.12. The number of nitrogens with one attached hydrogen (secondary N) is 2. The standard InChI is InChI=1S/C19H16ClN5/c1-13-23-18(22-12-15-6-2-3-8-17(15)20)10-19(24-13)25-16-7-4-5-14(9-16)11-21/h2-10H,12H2,1H3,(H2,22,23,24,25). The summed E-state index contributed by atoms with van der Waals surface area (Å²) in [5.41, 5.74) is 2.39. The molecule has 3 rings (SSSR count). The minimum Gasteiger partial charge on any atom is -0.366 e. The van der Waals surface area contributed by atoms with Crippen LogP contribution in [0.3, 0.4) is 0 Å². The summed E-state index contributed by atoms with van der Waals surface area (Å²) in [6, 6.07) is 18.9. The van der Waals surface area contributed by atoms with Crippen LogP contribution in [0.2, 0.25) is 5.02 Å². The number of aromatic nitrogens is 2. The SMILES string of the molecule is Cc1nc(NCc2ccccc2Cl)cc(Nc2cccc(C#N)c2)n1. The summed E-state index contributed by atoms with van der Waals surface area (Å²) in [7, 11) is 0. The molecule has 0 fully saturated rings. The zero-order valence-electron chi connectivity index (χ0n) is 13.6. The van der Waals surface area contributed by atoms with Gasteiger partial charge in [-0.15, -0.1) is 0 Å². The number of aryl methyl sites for hydroxylation is 1. The molecule has 0 radical (unpaired) electrons. The van der Waals surface area contributed by atoms with E-state index in [1.165, 1.54) is 0 Å². The summed E-state index contributed by atoms with van der Waals surface area (Å²) in [6.45, 7) is 2.40. The van der Waals surface area contributed by atoms with E-state index in [0.717, 1.165) is 11.3 Å². The molecule has 0 unspecified atom stereocenters. The van der Waals surface area contributed by atoms with Crippen molar-refractivity contribution in [1.82, 2.24) is 9.97 Å². The molecule has 25 heavy (non-hydrogen) atoms. The van der Waals surface area contributed by atoms with Crippen LogP contribution in [0.4, 0.5) is 17.3 Å². The summed E-state index contributed by atoms with van der Waals surface area (Å²) in [6.07, 6.45) is 0. The van der Waals surface area contributed by atoms with E-state index in [4.69, 9.17) is 16.9 Å². The summed E-state index contributed by atoms with van der Waals surface area (Å²) < 4.78 is 0. The molecule has 1 heterocycles. The first-order chi connectivity index (χ1) is 12.1. The Hall–Kier alpha value is -3.10. The summed E-state index contributed by atoms with van der Waals surface area (Å²) >= 11 is 6.18. The highest BCUT2D eigenvalue weighted by Crippen LogP contribution is 2.20. The normalized spacial score (nSPS) is 10.1. The lowest BCUT2D eigenvalue weighted by Crippen LogP contribution is -2.05. The van der Waals surface area contributed by atoms with Crippen LogP contribution < -0.4 is 10.6 Å². The van der Waals surface area contributed by atoms with Crippen LogP contribution >= 0.6 is 11.6 Å². The molecular formula is C19H16ClN5. The van der Waals surface area contributed by atoms with Gasteiger partial charge in [0.1, 0.15) is 17.5 Å². The van der Waals surface area contributed by atoms with Crippen molar-refractivity contribution in [2.75, 3.05) is 10.6 Å². The third-order valence-corrected chi connectivity index (χ3v) is 3.89. The highest BCUT2D eigenvalue weighted by Gasteiger charge is 2.05. The minimum absolute atomic E-state index is 0.569. The van der Waals surface area contributed by atoms with Gasteiger partial charge in [0.15, 0.2) is 0 Å². The van der Waals surface area contributed by atoms with Crippen LogP contribution in [0.15, 0.2) is 54.6 Å². The molecular weight excluding hydrogens is 334 g/mol. The van der Waals surface area contributed by atoms with Crippen LogP contribution in [0.25, 0.3) is 0 Å². The molecule has 0 amide bonds. The molecule has 0 saturated carbocycles. The Bertz CT molecular complexity index is 933. The van der Waals surface area contributed by atoms with Crippen molar-refractivity contribution in [3.05, 3.63) is 76.6 Å². The van der Waals surface area contributed by atoms with Gasteiger partial charge in [-0.2, -0.15) is 5.26 Å². The first-order valence-electron chi connectivity index (χ1n) is 7.74. The quantitative estimate of drug-likeness (QED) is 0.700. The van der Waals surface area contributed by atoms with Gasteiger partial charge >= 0.3 is 0 Å². The minimum atomic E-state index is 0.569. The van der Waals surface area contributed by atoms with E-state index in [9.17, 15) is 0 Å². The molecule has 2 aromatic carbocycles. The molecule has 0 saturated heterocycles. The second-order valence-electron chi connectivity index (χ2n) is 5.45. The predicted molar refractivity (Wildman–Crippen MR) is 100.0 cm³/mol. The van der Waals surface area contributed by atoms with E-state index < -0.39 is 0 Å². The average Bonchev–Trinajstić information content (AvgIpc) is 2.61. The number of nitriles is 1. The predicted octanol–water partition coefficient (Wildman–Crippen LogP) is 4.67. The van der Waals surface area contributed by atoms with Gasteiger partial charge in [0.25, 0.3) is 0 Å². The molecule has 124 valence electrons. The maximum absolute atomic E-state index is 8.99. The number of nitrogens with zero attached hydrogens (tertiary/aromatic N) is 3. The van der Waals surface area contributed by atoms with Crippen molar-refractivity contribution in [3.8, 4) is 6.07 Å². The molecule has 0 spiro atoms.